The van der Waals surface area contributed by atoms with Crippen molar-refractivity contribution in [2.45, 2.75) is 55.4 Å². The van der Waals surface area contributed by atoms with Crippen LogP contribution in [-0.2, 0) is 12.1 Å². The summed E-state index contributed by atoms with van der Waals surface area (Å²) in [6, 6.07) is 15.3. The summed E-state index contributed by atoms with van der Waals surface area (Å²) in [5.41, 5.74) is 1.74. The van der Waals surface area contributed by atoms with Crippen molar-refractivity contribution < 1.29 is 35.4 Å². The highest BCUT2D eigenvalue weighted by Crippen LogP contribution is 2.38. The molecule has 0 aromatic heterocycles. The number of aryl methyl sites for hydroxylation is 1. The van der Waals surface area contributed by atoms with E-state index in [1.54, 1.807) is 24.3 Å². The Morgan fingerprint density at radius 2 is 1.77 bits per heavy atom. The quantitative estimate of drug-likeness (QED) is 0.507. The van der Waals surface area contributed by atoms with Gasteiger partial charge in [0.2, 0.25) is 0 Å². The number of anilines is 1. The van der Waals surface area contributed by atoms with Gasteiger partial charge < -0.3 is 22.1 Å². The smallest absolute Gasteiger partial charge is 0.288 e. The normalized spacial score (nSPS) is 21.4. The van der Waals surface area contributed by atoms with Gasteiger partial charge in [0, 0.05) is 16.9 Å². The van der Waals surface area contributed by atoms with E-state index < -0.39 is 11.5 Å². The Balaban J connectivity index is 0.00000256. The number of alkyl halides is 2. The fourth-order valence-corrected chi connectivity index (χ4v) is 4.89. The molecular formula is C23H27BrF2N2OS. The fraction of sp³-hybridized carbons (Fsp3) is 0.435. The Morgan fingerprint density at radius 3 is 2.40 bits per heavy atom. The maximum atomic E-state index is 12.7. The molecule has 0 spiro atoms. The van der Waals surface area contributed by atoms with Gasteiger partial charge in [-0.2, -0.15) is 13.7 Å². The van der Waals surface area contributed by atoms with Gasteiger partial charge in [-0.1, -0.05) is 43.0 Å². The zero-order valence-corrected chi connectivity index (χ0v) is 19.4. The molecule has 1 N–H and O–H groups in total. The number of rotatable bonds is 5. The highest BCUT2D eigenvalue weighted by molar-refractivity contribution is 7.99. The zero-order chi connectivity index (χ0) is 20.4. The summed E-state index contributed by atoms with van der Waals surface area (Å²) >= 11 is 0.529. The van der Waals surface area contributed by atoms with Crippen LogP contribution in [0.5, 0.6) is 0 Å². The highest BCUT2D eigenvalue weighted by atomic mass is 79.9. The summed E-state index contributed by atoms with van der Waals surface area (Å²) < 4.78 is 27.6. The number of benzene rings is 2. The SMILES string of the molecule is CCc1ccc(N2C3=[N+](CCCCC3)CC2(O)c2ccc(SC(F)F)cc2)cc1.[Br-]. The molecule has 3 nitrogen and oxygen atoms in total. The van der Waals surface area contributed by atoms with Gasteiger partial charge in [0.25, 0.3) is 17.3 Å². The number of nitrogens with zero attached hydrogens (tertiary/aromatic N) is 2. The highest BCUT2D eigenvalue weighted by Gasteiger charge is 2.54. The van der Waals surface area contributed by atoms with E-state index in [-0.39, 0.29) is 17.0 Å². The Hall–Kier alpha value is -1.44. The molecule has 162 valence electrons. The van der Waals surface area contributed by atoms with Gasteiger partial charge in [-0.05, 0) is 55.5 Å². The van der Waals surface area contributed by atoms with E-state index in [1.807, 2.05) is 0 Å². The van der Waals surface area contributed by atoms with Crippen molar-refractivity contribution in [2.24, 2.45) is 0 Å². The molecule has 0 amide bonds. The number of aliphatic hydroxyl groups is 1. The van der Waals surface area contributed by atoms with Crippen LogP contribution < -0.4 is 21.9 Å². The Labute approximate surface area is 191 Å². The summed E-state index contributed by atoms with van der Waals surface area (Å²) in [6.07, 6.45) is 5.32. The Kier molecular flexibility index (Phi) is 7.58. The van der Waals surface area contributed by atoms with Crippen molar-refractivity contribution in [3.8, 4) is 0 Å². The minimum absolute atomic E-state index is 0. The van der Waals surface area contributed by atoms with Crippen LogP contribution >= 0.6 is 11.8 Å². The second-order valence-corrected chi connectivity index (χ2v) is 8.79. The molecule has 2 aliphatic heterocycles. The third-order valence-corrected chi connectivity index (χ3v) is 6.60. The van der Waals surface area contributed by atoms with Gasteiger partial charge in [0.05, 0.1) is 6.54 Å². The lowest BCUT2D eigenvalue weighted by molar-refractivity contribution is -0.534. The summed E-state index contributed by atoms with van der Waals surface area (Å²) in [6.45, 7) is 3.54. The van der Waals surface area contributed by atoms with Crippen molar-refractivity contribution in [1.29, 1.82) is 0 Å². The third-order valence-electron chi connectivity index (χ3n) is 5.88. The average Bonchev–Trinajstić information content (AvgIpc) is 2.84. The molecule has 7 heteroatoms. The first-order valence-electron chi connectivity index (χ1n) is 10.3. The topological polar surface area (TPSA) is 26.5 Å². The Bertz CT molecular complexity index is 889. The molecule has 0 saturated heterocycles. The molecule has 2 aromatic rings. The molecule has 1 atom stereocenters. The summed E-state index contributed by atoms with van der Waals surface area (Å²) in [4.78, 5) is 2.57. The maximum absolute atomic E-state index is 12.7. The van der Waals surface area contributed by atoms with Crippen LogP contribution in [0.4, 0.5) is 14.5 Å². The van der Waals surface area contributed by atoms with Crippen LogP contribution in [0.2, 0.25) is 0 Å². The van der Waals surface area contributed by atoms with Crippen molar-refractivity contribution in [2.75, 3.05) is 18.0 Å². The minimum Gasteiger partial charge on any atom is -1.00 e. The first-order valence-corrected chi connectivity index (χ1v) is 11.2. The number of thioether (sulfide) groups is 1. The number of amidine groups is 1. The second kappa shape index (κ2) is 9.79. The van der Waals surface area contributed by atoms with Gasteiger partial charge in [-0.3, -0.25) is 4.58 Å². The first-order chi connectivity index (χ1) is 14.0. The van der Waals surface area contributed by atoms with Crippen molar-refractivity contribution in [1.82, 2.24) is 0 Å². The molecule has 2 heterocycles. The van der Waals surface area contributed by atoms with Gasteiger partial charge in [-0.25, -0.2) is 0 Å². The summed E-state index contributed by atoms with van der Waals surface area (Å²) in [5, 5.41) is 11.9. The zero-order valence-electron chi connectivity index (χ0n) is 17.0. The van der Waals surface area contributed by atoms with Gasteiger partial charge in [0.15, 0.2) is 6.54 Å². The summed E-state index contributed by atoms with van der Waals surface area (Å²) in [7, 11) is 0. The maximum Gasteiger partial charge on any atom is 0.288 e. The molecular weight excluding hydrogens is 470 g/mol. The average molecular weight is 497 g/mol. The molecule has 0 aliphatic carbocycles. The van der Waals surface area contributed by atoms with Crippen LogP contribution in [0, 0.1) is 0 Å². The van der Waals surface area contributed by atoms with Crippen LogP contribution in [-0.4, -0.2) is 34.4 Å². The van der Waals surface area contributed by atoms with E-state index in [0.29, 0.717) is 23.2 Å². The lowest BCUT2D eigenvalue weighted by atomic mass is 9.99. The lowest BCUT2D eigenvalue weighted by Crippen LogP contribution is -3.00. The van der Waals surface area contributed by atoms with Crippen LogP contribution in [0.15, 0.2) is 53.4 Å². The molecule has 0 fully saturated rings. The molecule has 1 unspecified atom stereocenters. The Morgan fingerprint density at radius 1 is 1.07 bits per heavy atom. The molecule has 2 aliphatic rings. The van der Waals surface area contributed by atoms with Crippen molar-refractivity contribution in [3.05, 3.63) is 59.7 Å². The minimum atomic E-state index is -2.45. The van der Waals surface area contributed by atoms with Crippen LogP contribution in [0.1, 0.15) is 43.7 Å². The predicted octanol–water partition coefficient (Wildman–Crippen LogP) is 2.22. The van der Waals surface area contributed by atoms with Gasteiger partial charge in [0.1, 0.15) is 5.69 Å². The van der Waals surface area contributed by atoms with Crippen molar-refractivity contribution >= 4 is 23.3 Å². The molecule has 0 bridgehead atoms. The fourth-order valence-electron chi connectivity index (χ4n) is 4.39. The van der Waals surface area contributed by atoms with E-state index in [9.17, 15) is 13.9 Å². The van der Waals surface area contributed by atoms with Gasteiger partial charge in [-0.15, -0.1) is 0 Å². The second-order valence-electron chi connectivity index (χ2n) is 7.72. The summed E-state index contributed by atoms with van der Waals surface area (Å²) in [5.74, 6) is -1.29. The first kappa shape index (κ1) is 23.2. The number of hydrogen-bond donors (Lipinski definition) is 1. The molecule has 4 rings (SSSR count). The molecule has 30 heavy (non-hydrogen) atoms. The van der Waals surface area contributed by atoms with E-state index in [0.717, 1.165) is 49.3 Å². The largest absolute Gasteiger partial charge is 1.00 e. The molecule has 2 aromatic carbocycles. The van der Waals surface area contributed by atoms with Crippen molar-refractivity contribution in [3.63, 3.8) is 0 Å². The van der Waals surface area contributed by atoms with Crippen LogP contribution in [0.25, 0.3) is 0 Å². The standard InChI is InChI=1S/C23H27F2N2OS.BrH/c1-2-17-7-11-19(12-8-17)27-21-6-4-3-5-15-26(21)16-23(27,28)18-9-13-20(14-10-18)29-22(24)25;/h7-14,22,28H,2-6,15-16H2,1H3;1H/q+1;/p-1. The molecule has 0 saturated carbocycles. The van der Waals surface area contributed by atoms with E-state index in [2.05, 4.69) is 40.7 Å². The van der Waals surface area contributed by atoms with E-state index in [4.69, 9.17) is 0 Å². The number of halogens is 3. The van der Waals surface area contributed by atoms with Crippen LogP contribution in [0.3, 0.4) is 0 Å². The monoisotopic (exact) mass is 496 g/mol. The predicted molar refractivity (Wildman–Crippen MR) is 114 cm³/mol. The van der Waals surface area contributed by atoms with E-state index >= 15 is 0 Å². The third kappa shape index (κ3) is 4.58. The van der Waals surface area contributed by atoms with Gasteiger partial charge >= 0.3 is 0 Å². The van der Waals surface area contributed by atoms with E-state index in [1.165, 1.54) is 12.0 Å². The number of hydrogen-bond acceptors (Lipinski definition) is 3. The lowest BCUT2D eigenvalue weighted by Gasteiger charge is -2.29. The molecule has 0 radical (unpaired) electrons.